The van der Waals surface area contributed by atoms with Gasteiger partial charge in [0, 0.05) is 12.8 Å². The zero-order valence-corrected chi connectivity index (χ0v) is 9.36. The minimum absolute atomic E-state index is 0.572. The summed E-state index contributed by atoms with van der Waals surface area (Å²) in [6, 6.07) is 0. The fourth-order valence-electron chi connectivity index (χ4n) is 4.08. The highest BCUT2D eigenvalue weighted by Gasteiger charge is 2.46. The van der Waals surface area contributed by atoms with Crippen LogP contribution in [0.4, 0.5) is 0 Å². The highest BCUT2D eigenvalue weighted by Crippen LogP contribution is 2.39. The lowest BCUT2D eigenvalue weighted by Crippen LogP contribution is -3.21. The van der Waals surface area contributed by atoms with Crippen molar-refractivity contribution in [2.24, 2.45) is 0 Å². The Kier molecular flexibility index (Phi) is 1.98. The molecular weight excluding hydrogens is 170 g/mol. The van der Waals surface area contributed by atoms with E-state index in [1.54, 1.807) is 0 Å². The number of hydrogen-bond donors (Lipinski definition) is 1. The van der Waals surface area contributed by atoms with Gasteiger partial charge in [-0.2, -0.15) is 0 Å². The minimum atomic E-state index is 0.572. The van der Waals surface area contributed by atoms with E-state index < -0.39 is 0 Å². The Labute approximate surface area is 87.2 Å². The Balaban J connectivity index is 1.98. The summed E-state index contributed by atoms with van der Waals surface area (Å²) >= 11 is 0. The number of quaternary nitrogens is 1. The molecule has 0 radical (unpaired) electrons. The largest absolute Gasteiger partial charge is 0.327 e. The minimum Gasteiger partial charge on any atom is -0.327 e. The van der Waals surface area contributed by atoms with E-state index in [4.69, 9.17) is 0 Å². The maximum atomic E-state index is 2.54. The summed E-state index contributed by atoms with van der Waals surface area (Å²) in [5, 5.41) is 0. The quantitative estimate of drug-likeness (QED) is 0.557. The van der Waals surface area contributed by atoms with Gasteiger partial charge < -0.3 is 4.90 Å². The second-order valence-electron chi connectivity index (χ2n) is 5.58. The highest BCUT2D eigenvalue weighted by molar-refractivity contribution is 5.29. The van der Waals surface area contributed by atoms with Gasteiger partial charge in [-0.1, -0.05) is 5.57 Å². The Morgan fingerprint density at radius 3 is 2.86 bits per heavy atom. The van der Waals surface area contributed by atoms with Gasteiger partial charge in [-0.25, -0.2) is 0 Å². The van der Waals surface area contributed by atoms with Gasteiger partial charge in [0.05, 0.1) is 13.1 Å². The van der Waals surface area contributed by atoms with Gasteiger partial charge in [0.2, 0.25) is 0 Å². The van der Waals surface area contributed by atoms with Crippen molar-refractivity contribution >= 4 is 0 Å². The zero-order chi connectivity index (χ0) is 9.60. The lowest BCUT2D eigenvalue weighted by molar-refractivity contribution is -0.952. The van der Waals surface area contributed by atoms with Crippen molar-refractivity contribution in [2.45, 2.75) is 57.4 Å². The van der Waals surface area contributed by atoms with E-state index in [0.717, 1.165) is 0 Å². The molecule has 1 nitrogen and oxygen atoms in total. The van der Waals surface area contributed by atoms with Crippen LogP contribution < -0.4 is 4.90 Å². The molecule has 1 aliphatic carbocycles. The van der Waals surface area contributed by atoms with E-state index in [2.05, 4.69) is 6.92 Å². The molecule has 0 aromatic carbocycles. The van der Waals surface area contributed by atoms with Gasteiger partial charge >= 0.3 is 0 Å². The molecular formula is C13H22N+. The molecule has 2 aliphatic heterocycles. The second kappa shape index (κ2) is 3.10. The van der Waals surface area contributed by atoms with Crippen LogP contribution >= 0.6 is 0 Å². The van der Waals surface area contributed by atoms with Gasteiger partial charge in [0.15, 0.2) is 0 Å². The van der Waals surface area contributed by atoms with Crippen LogP contribution in [0.1, 0.15) is 51.9 Å². The summed E-state index contributed by atoms with van der Waals surface area (Å²) in [6.45, 7) is 5.41. The molecule has 1 saturated heterocycles. The van der Waals surface area contributed by atoms with Crippen LogP contribution in [-0.2, 0) is 0 Å². The standard InChI is InChI=1S/C13H21N/c1-13-8-2-3-9-14(13)10-7-11-5-4-6-12(11)13/h2-10H2,1H3/p+1/t13-/m1/s1. The smallest absolute Gasteiger partial charge is 0.117 e. The molecule has 2 heterocycles. The molecule has 0 aromatic heterocycles. The predicted molar refractivity (Wildman–Crippen MR) is 58.4 cm³/mol. The van der Waals surface area contributed by atoms with E-state index in [1.165, 1.54) is 58.0 Å². The van der Waals surface area contributed by atoms with Crippen molar-refractivity contribution in [3.63, 3.8) is 0 Å². The molecule has 0 aromatic rings. The van der Waals surface area contributed by atoms with Gasteiger partial charge in [-0.3, -0.25) is 0 Å². The predicted octanol–water partition coefficient (Wildman–Crippen LogP) is 1.70. The highest BCUT2D eigenvalue weighted by atomic mass is 15.2. The molecule has 3 rings (SSSR count). The normalized spacial score (nSPS) is 42.2. The fraction of sp³-hybridized carbons (Fsp3) is 0.846. The molecule has 0 saturated carbocycles. The number of hydrogen-bond acceptors (Lipinski definition) is 0. The second-order valence-corrected chi connectivity index (χ2v) is 5.58. The summed E-state index contributed by atoms with van der Waals surface area (Å²) < 4.78 is 0. The fourth-order valence-corrected chi connectivity index (χ4v) is 4.08. The summed E-state index contributed by atoms with van der Waals surface area (Å²) in [6.07, 6.45) is 10.1. The van der Waals surface area contributed by atoms with Gasteiger partial charge in [-0.05, 0) is 44.6 Å². The summed E-state index contributed by atoms with van der Waals surface area (Å²) in [5.41, 5.74) is 4.32. The summed E-state index contributed by atoms with van der Waals surface area (Å²) in [7, 11) is 0. The third-order valence-corrected chi connectivity index (χ3v) is 4.91. The maximum absolute atomic E-state index is 2.54. The van der Waals surface area contributed by atoms with E-state index in [1.807, 2.05) is 16.0 Å². The molecule has 14 heavy (non-hydrogen) atoms. The Morgan fingerprint density at radius 1 is 1.00 bits per heavy atom. The van der Waals surface area contributed by atoms with E-state index in [-0.39, 0.29) is 0 Å². The SMILES string of the molecule is C[C@]12CCCC[NH+]1CCC1=C2CCC1. The number of piperidine rings is 1. The van der Waals surface area contributed by atoms with Crippen molar-refractivity contribution in [1.29, 1.82) is 0 Å². The number of fused-ring (bicyclic) bond motifs is 2. The van der Waals surface area contributed by atoms with Crippen LogP contribution in [0.15, 0.2) is 11.1 Å². The van der Waals surface area contributed by atoms with E-state index >= 15 is 0 Å². The molecule has 0 bridgehead atoms. The molecule has 0 spiro atoms. The first-order valence-electron chi connectivity index (χ1n) is 6.37. The van der Waals surface area contributed by atoms with Crippen molar-refractivity contribution in [2.75, 3.05) is 13.1 Å². The third kappa shape index (κ3) is 1.11. The molecule has 1 fully saturated rings. The van der Waals surface area contributed by atoms with E-state index in [9.17, 15) is 0 Å². The number of rotatable bonds is 0. The Morgan fingerprint density at radius 2 is 1.93 bits per heavy atom. The molecule has 3 aliphatic rings. The zero-order valence-electron chi connectivity index (χ0n) is 9.36. The van der Waals surface area contributed by atoms with Crippen molar-refractivity contribution < 1.29 is 4.90 Å². The van der Waals surface area contributed by atoms with E-state index in [0.29, 0.717) is 5.54 Å². The third-order valence-electron chi connectivity index (χ3n) is 4.91. The van der Waals surface area contributed by atoms with Crippen LogP contribution in [-0.4, -0.2) is 18.6 Å². The molecule has 1 unspecified atom stereocenters. The van der Waals surface area contributed by atoms with Crippen LogP contribution in [0.2, 0.25) is 0 Å². The summed E-state index contributed by atoms with van der Waals surface area (Å²) in [5.74, 6) is 0. The average Bonchev–Trinajstić information content (AvgIpc) is 2.66. The van der Waals surface area contributed by atoms with Gasteiger partial charge in [0.1, 0.15) is 5.54 Å². The lowest BCUT2D eigenvalue weighted by Gasteiger charge is -2.46. The first-order valence-corrected chi connectivity index (χ1v) is 6.37. The molecule has 0 amide bonds. The first-order chi connectivity index (χ1) is 6.81. The monoisotopic (exact) mass is 192 g/mol. The Hall–Kier alpha value is -0.300. The molecule has 78 valence electrons. The molecule has 1 N–H and O–H groups in total. The molecule has 1 heteroatoms. The summed E-state index contributed by atoms with van der Waals surface area (Å²) in [4.78, 5) is 1.91. The topological polar surface area (TPSA) is 4.44 Å². The maximum Gasteiger partial charge on any atom is 0.117 e. The van der Waals surface area contributed by atoms with Gasteiger partial charge in [-0.15, -0.1) is 0 Å². The van der Waals surface area contributed by atoms with Crippen molar-refractivity contribution in [3.8, 4) is 0 Å². The Bertz CT molecular complexity index is 279. The van der Waals surface area contributed by atoms with Crippen LogP contribution in [0.25, 0.3) is 0 Å². The lowest BCUT2D eigenvalue weighted by atomic mass is 9.77. The van der Waals surface area contributed by atoms with Gasteiger partial charge in [0.25, 0.3) is 0 Å². The molecule has 2 atom stereocenters. The average molecular weight is 192 g/mol. The number of nitrogens with one attached hydrogen (secondary N) is 1. The first kappa shape index (κ1) is 8.96. The van der Waals surface area contributed by atoms with Crippen LogP contribution in [0, 0.1) is 0 Å². The van der Waals surface area contributed by atoms with Crippen LogP contribution in [0.5, 0.6) is 0 Å². The van der Waals surface area contributed by atoms with Crippen molar-refractivity contribution in [3.05, 3.63) is 11.1 Å². The van der Waals surface area contributed by atoms with Crippen molar-refractivity contribution in [1.82, 2.24) is 0 Å². The van der Waals surface area contributed by atoms with Crippen LogP contribution in [0.3, 0.4) is 0 Å².